The average Bonchev–Trinajstić information content (AvgIpc) is 1.62. The van der Waals surface area contributed by atoms with Crippen LogP contribution in [0.5, 0.6) is 0 Å². The minimum Gasteiger partial charge on any atom is -0.208 e. The third-order valence-corrected chi connectivity index (χ3v) is 0.937. The Hall–Kier alpha value is -0.100. The highest BCUT2D eigenvalue weighted by Gasteiger charge is 2.62. The lowest BCUT2D eigenvalue weighted by Crippen LogP contribution is -2.43. The van der Waals surface area contributed by atoms with Crippen LogP contribution >= 0.6 is 11.6 Å². The first-order chi connectivity index (χ1) is 4.19. The molecule has 0 amide bonds. The van der Waals surface area contributed by atoms with Crippen molar-refractivity contribution in [1.82, 2.24) is 0 Å². The molecular formula is C3HClF5O. The van der Waals surface area contributed by atoms with Crippen molar-refractivity contribution in [1.29, 1.82) is 0 Å². The van der Waals surface area contributed by atoms with E-state index in [2.05, 4.69) is 11.6 Å². The Labute approximate surface area is 57.4 Å². The van der Waals surface area contributed by atoms with Gasteiger partial charge in [0.2, 0.25) is 5.56 Å². The molecule has 0 spiro atoms. The van der Waals surface area contributed by atoms with Gasteiger partial charge in [-0.3, -0.25) is 0 Å². The molecule has 1 radical (unpaired) electrons. The Bertz CT molecular complexity index is 119. The van der Waals surface area contributed by atoms with E-state index in [-0.39, 0.29) is 0 Å². The highest BCUT2D eigenvalue weighted by Crippen LogP contribution is 2.39. The van der Waals surface area contributed by atoms with E-state index in [9.17, 15) is 27.1 Å². The van der Waals surface area contributed by atoms with E-state index < -0.39 is 17.7 Å². The van der Waals surface area contributed by atoms with Crippen molar-refractivity contribution < 1.29 is 27.1 Å². The molecule has 0 heterocycles. The van der Waals surface area contributed by atoms with Crippen LogP contribution in [0, 0.1) is 0 Å². The maximum absolute atomic E-state index is 11.5. The van der Waals surface area contributed by atoms with Crippen molar-refractivity contribution in [3.8, 4) is 0 Å². The number of halogens is 6. The molecule has 0 saturated carbocycles. The number of rotatable bonds is 1. The third kappa shape index (κ3) is 1.69. The summed E-state index contributed by atoms with van der Waals surface area (Å²) in [5.41, 5.74) is -3.48. The smallest absolute Gasteiger partial charge is 0.208 e. The summed E-state index contributed by atoms with van der Waals surface area (Å²) in [6, 6.07) is 0. The van der Waals surface area contributed by atoms with Gasteiger partial charge >= 0.3 is 12.1 Å². The largest absolute Gasteiger partial charge is 0.457 e. The molecule has 1 unspecified atom stereocenters. The standard InChI is InChI=1S/C3HClF5O/c4-1(10)2(5,6)3(7,8)9/h1H. The molecule has 0 fully saturated rings. The lowest BCUT2D eigenvalue weighted by molar-refractivity contribution is -0.306. The van der Waals surface area contributed by atoms with Crippen molar-refractivity contribution in [2.24, 2.45) is 0 Å². The lowest BCUT2D eigenvalue weighted by Gasteiger charge is -2.18. The van der Waals surface area contributed by atoms with E-state index in [4.69, 9.17) is 0 Å². The molecule has 0 bridgehead atoms. The predicted molar refractivity (Wildman–Crippen MR) is 21.3 cm³/mol. The van der Waals surface area contributed by atoms with E-state index in [0.717, 1.165) is 0 Å². The van der Waals surface area contributed by atoms with Gasteiger partial charge in [0, 0.05) is 0 Å². The lowest BCUT2D eigenvalue weighted by atomic mass is 10.3. The van der Waals surface area contributed by atoms with E-state index in [1.807, 2.05) is 0 Å². The Morgan fingerprint density at radius 3 is 1.40 bits per heavy atom. The second kappa shape index (κ2) is 2.50. The second-order valence-electron chi connectivity index (χ2n) is 1.44. The zero-order valence-corrected chi connectivity index (χ0v) is 5.01. The van der Waals surface area contributed by atoms with Crippen LogP contribution in [-0.2, 0) is 5.11 Å². The molecule has 1 atom stereocenters. The molecule has 0 aliphatic heterocycles. The van der Waals surface area contributed by atoms with Crippen molar-refractivity contribution in [2.75, 3.05) is 0 Å². The minimum atomic E-state index is -5.86. The van der Waals surface area contributed by atoms with Crippen LogP contribution in [0.2, 0.25) is 0 Å². The average molecular weight is 183 g/mol. The highest BCUT2D eigenvalue weighted by molar-refractivity contribution is 6.20. The van der Waals surface area contributed by atoms with Gasteiger partial charge in [-0.2, -0.15) is 22.0 Å². The summed E-state index contributed by atoms with van der Waals surface area (Å²) in [6.45, 7) is 0. The molecule has 0 aromatic rings. The van der Waals surface area contributed by atoms with Crippen LogP contribution in [0.3, 0.4) is 0 Å². The monoisotopic (exact) mass is 183 g/mol. The van der Waals surface area contributed by atoms with Gasteiger partial charge in [0.25, 0.3) is 0 Å². The fourth-order valence-electron chi connectivity index (χ4n) is 0.129. The van der Waals surface area contributed by atoms with E-state index in [1.165, 1.54) is 0 Å². The molecule has 0 rings (SSSR count). The Morgan fingerprint density at radius 1 is 1.10 bits per heavy atom. The first-order valence-electron chi connectivity index (χ1n) is 1.94. The van der Waals surface area contributed by atoms with Crippen LogP contribution in [-0.4, -0.2) is 17.7 Å². The molecule has 10 heavy (non-hydrogen) atoms. The van der Waals surface area contributed by atoms with Gasteiger partial charge in [0.05, 0.1) is 0 Å². The molecule has 1 nitrogen and oxygen atoms in total. The maximum atomic E-state index is 11.5. The van der Waals surface area contributed by atoms with E-state index >= 15 is 0 Å². The molecule has 0 saturated heterocycles. The third-order valence-electron chi connectivity index (χ3n) is 0.663. The van der Waals surface area contributed by atoms with Gasteiger partial charge in [-0.25, -0.2) is 5.11 Å². The number of hydrogen-bond donors (Lipinski definition) is 0. The second-order valence-corrected chi connectivity index (χ2v) is 1.83. The van der Waals surface area contributed by atoms with Crippen molar-refractivity contribution in [3.63, 3.8) is 0 Å². The summed E-state index contributed by atoms with van der Waals surface area (Å²) >= 11 is 4.03. The first kappa shape index (κ1) is 9.90. The zero-order chi connectivity index (χ0) is 8.58. The van der Waals surface area contributed by atoms with Gasteiger partial charge < -0.3 is 0 Å². The summed E-state index contributed by atoms with van der Waals surface area (Å²) in [7, 11) is 0. The molecule has 0 aliphatic carbocycles. The molecule has 7 heteroatoms. The number of hydrogen-bond acceptors (Lipinski definition) is 0. The summed E-state index contributed by atoms with van der Waals surface area (Å²) in [5, 5.41) is 9.49. The van der Waals surface area contributed by atoms with E-state index in [0.29, 0.717) is 0 Å². The predicted octanol–water partition coefficient (Wildman–Crippen LogP) is 2.18. The molecule has 61 valence electrons. The van der Waals surface area contributed by atoms with Crippen molar-refractivity contribution >= 4 is 11.6 Å². The highest BCUT2D eigenvalue weighted by atomic mass is 35.5. The minimum absolute atomic E-state index is 3.48. The van der Waals surface area contributed by atoms with Crippen molar-refractivity contribution in [3.05, 3.63) is 0 Å². The molecule has 0 aromatic heterocycles. The van der Waals surface area contributed by atoms with E-state index in [1.54, 1.807) is 0 Å². The number of alkyl halides is 6. The zero-order valence-electron chi connectivity index (χ0n) is 4.25. The quantitative estimate of drug-likeness (QED) is 0.439. The summed E-state index contributed by atoms with van der Waals surface area (Å²) in [5.74, 6) is -5.35. The molecule has 0 N–H and O–H groups in total. The molecule has 0 aromatic carbocycles. The Balaban J connectivity index is 4.40. The normalized spacial score (nSPS) is 17.1. The first-order valence-corrected chi connectivity index (χ1v) is 2.37. The van der Waals surface area contributed by atoms with Gasteiger partial charge in [0.15, 0.2) is 0 Å². The van der Waals surface area contributed by atoms with Crippen LogP contribution in [0.15, 0.2) is 0 Å². The summed E-state index contributed by atoms with van der Waals surface area (Å²) < 4.78 is 56.1. The molecular weight excluding hydrogens is 182 g/mol. The summed E-state index contributed by atoms with van der Waals surface area (Å²) in [4.78, 5) is 0. The fourth-order valence-corrected chi connectivity index (χ4v) is 0.252. The maximum Gasteiger partial charge on any atom is 0.457 e. The van der Waals surface area contributed by atoms with Gasteiger partial charge in [-0.1, -0.05) is 11.6 Å². The summed E-state index contributed by atoms with van der Waals surface area (Å²) in [6.07, 6.45) is -5.86. The van der Waals surface area contributed by atoms with Crippen LogP contribution < -0.4 is 0 Å². The van der Waals surface area contributed by atoms with Gasteiger partial charge in [-0.05, 0) is 0 Å². The van der Waals surface area contributed by atoms with Crippen LogP contribution in [0.25, 0.3) is 0 Å². The fraction of sp³-hybridized carbons (Fsp3) is 1.00. The SMILES string of the molecule is [O]C(Cl)C(F)(F)C(F)(F)F. The Kier molecular flexibility index (Phi) is 2.48. The van der Waals surface area contributed by atoms with Gasteiger partial charge in [-0.15, -0.1) is 0 Å². The van der Waals surface area contributed by atoms with Crippen LogP contribution in [0.4, 0.5) is 22.0 Å². The Morgan fingerprint density at radius 2 is 1.40 bits per heavy atom. The van der Waals surface area contributed by atoms with Crippen molar-refractivity contribution in [2.45, 2.75) is 17.7 Å². The molecule has 0 aliphatic rings. The van der Waals surface area contributed by atoms with Crippen LogP contribution in [0.1, 0.15) is 0 Å². The van der Waals surface area contributed by atoms with Gasteiger partial charge in [0.1, 0.15) is 0 Å². The topological polar surface area (TPSA) is 19.9 Å².